The summed E-state index contributed by atoms with van der Waals surface area (Å²) >= 11 is 0. The Morgan fingerprint density at radius 2 is 1.39 bits per heavy atom. The van der Waals surface area contributed by atoms with Crippen molar-refractivity contribution in [2.75, 3.05) is 45.9 Å². The Hall–Kier alpha value is -2.86. The van der Waals surface area contributed by atoms with Gasteiger partial charge in [0.25, 0.3) is 5.91 Å². The predicted molar refractivity (Wildman–Crippen MR) is 120 cm³/mol. The van der Waals surface area contributed by atoms with Gasteiger partial charge in [-0.25, -0.2) is 0 Å². The highest BCUT2D eigenvalue weighted by molar-refractivity contribution is 5.80. The van der Waals surface area contributed by atoms with Crippen molar-refractivity contribution in [3.05, 3.63) is 66.2 Å². The van der Waals surface area contributed by atoms with Gasteiger partial charge in [-0.3, -0.25) is 14.5 Å². The second-order valence-electron chi connectivity index (χ2n) is 8.34. The molecule has 0 aromatic heterocycles. The molecule has 2 amide bonds. The molecule has 2 aromatic rings. The molecule has 6 nitrogen and oxygen atoms in total. The summed E-state index contributed by atoms with van der Waals surface area (Å²) in [5.74, 6) is 0.975. The Labute approximate surface area is 184 Å². The van der Waals surface area contributed by atoms with Gasteiger partial charge in [-0.15, -0.1) is 0 Å². The van der Waals surface area contributed by atoms with E-state index in [-0.39, 0.29) is 24.3 Å². The number of para-hydroxylation sites is 1. The molecule has 4 rings (SSSR count). The van der Waals surface area contributed by atoms with Crippen molar-refractivity contribution in [3.63, 3.8) is 0 Å². The Kier molecular flexibility index (Phi) is 7.20. The number of piperidine rings is 1. The monoisotopic (exact) mass is 421 g/mol. The zero-order chi connectivity index (χ0) is 21.5. The Bertz CT molecular complexity index is 843. The van der Waals surface area contributed by atoms with E-state index in [1.807, 2.05) is 46.2 Å². The average molecular weight is 422 g/mol. The number of carbonyl (C=O) groups is 2. The van der Waals surface area contributed by atoms with Crippen LogP contribution in [0.3, 0.4) is 0 Å². The van der Waals surface area contributed by atoms with Crippen LogP contribution in [0.1, 0.15) is 18.4 Å². The average Bonchev–Trinajstić information content (AvgIpc) is 2.84. The van der Waals surface area contributed by atoms with E-state index >= 15 is 0 Å². The third-order valence-electron chi connectivity index (χ3n) is 6.24. The maximum absolute atomic E-state index is 13.0. The summed E-state index contributed by atoms with van der Waals surface area (Å²) in [4.78, 5) is 31.7. The molecule has 164 valence electrons. The highest BCUT2D eigenvalue weighted by Crippen LogP contribution is 2.21. The number of carbonyl (C=O) groups excluding carboxylic acids is 2. The molecule has 6 heteroatoms. The third-order valence-corrected chi connectivity index (χ3v) is 6.24. The fourth-order valence-corrected chi connectivity index (χ4v) is 4.36. The number of ether oxygens (including phenoxy) is 1. The maximum atomic E-state index is 13.0. The summed E-state index contributed by atoms with van der Waals surface area (Å²) in [5.41, 5.74) is 1.32. The fourth-order valence-electron chi connectivity index (χ4n) is 4.36. The van der Waals surface area contributed by atoms with E-state index in [2.05, 4.69) is 29.2 Å². The molecule has 0 saturated carbocycles. The first kappa shape index (κ1) is 21.4. The minimum absolute atomic E-state index is 0.00993. The first-order chi connectivity index (χ1) is 15.2. The summed E-state index contributed by atoms with van der Waals surface area (Å²) in [5, 5.41) is 0. The van der Waals surface area contributed by atoms with Gasteiger partial charge in [0.15, 0.2) is 6.61 Å². The van der Waals surface area contributed by atoms with Crippen LogP contribution in [0.15, 0.2) is 60.7 Å². The normalized spacial score (nSPS) is 18.1. The van der Waals surface area contributed by atoms with Crippen molar-refractivity contribution in [1.82, 2.24) is 14.7 Å². The lowest BCUT2D eigenvalue weighted by molar-refractivity contribution is -0.142. The van der Waals surface area contributed by atoms with Gasteiger partial charge in [0.2, 0.25) is 5.91 Å². The molecule has 0 N–H and O–H groups in total. The molecule has 2 heterocycles. The van der Waals surface area contributed by atoms with Crippen molar-refractivity contribution in [2.45, 2.75) is 19.4 Å². The lowest BCUT2D eigenvalue weighted by Gasteiger charge is -2.38. The number of nitrogens with zero attached hydrogens (tertiary/aromatic N) is 3. The van der Waals surface area contributed by atoms with Gasteiger partial charge in [0.1, 0.15) is 5.75 Å². The van der Waals surface area contributed by atoms with E-state index in [4.69, 9.17) is 4.74 Å². The Balaban J connectivity index is 1.18. The van der Waals surface area contributed by atoms with Crippen molar-refractivity contribution in [2.24, 2.45) is 5.92 Å². The zero-order valence-electron chi connectivity index (χ0n) is 18.0. The SMILES string of the molecule is O=C(COc1ccccc1)N1CCC(C(=O)N2CCN(Cc3ccccc3)CC2)CC1. The topological polar surface area (TPSA) is 53.1 Å². The second kappa shape index (κ2) is 10.4. The molecule has 2 saturated heterocycles. The first-order valence-electron chi connectivity index (χ1n) is 11.2. The summed E-state index contributed by atoms with van der Waals surface area (Å²) in [7, 11) is 0. The van der Waals surface area contributed by atoms with Gasteiger partial charge < -0.3 is 14.5 Å². The number of piperazine rings is 1. The summed E-state index contributed by atoms with van der Waals surface area (Å²) < 4.78 is 5.57. The molecule has 2 fully saturated rings. The van der Waals surface area contributed by atoms with Gasteiger partial charge in [-0.05, 0) is 30.5 Å². The number of hydrogen-bond donors (Lipinski definition) is 0. The molecule has 0 radical (unpaired) electrons. The van der Waals surface area contributed by atoms with Crippen LogP contribution in [0, 0.1) is 5.92 Å². The van der Waals surface area contributed by atoms with Crippen molar-refractivity contribution >= 4 is 11.8 Å². The molecule has 0 bridgehead atoms. The molecule has 0 aliphatic carbocycles. The van der Waals surface area contributed by atoms with Crippen LogP contribution in [-0.4, -0.2) is 72.4 Å². The standard InChI is InChI=1S/C25H31N3O3/c29-24(20-31-23-9-5-2-6-10-23)27-13-11-22(12-14-27)25(30)28-17-15-26(16-18-28)19-21-7-3-1-4-8-21/h1-10,22H,11-20H2. The van der Waals surface area contributed by atoms with E-state index in [1.165, 1.54) is 5.56 Å². The molecule has 0 spiro atoms. The van der Waals surface area contributed by atoms with Crippen LogP contribution >= 0.6 is 0 Å². The summed E-state index contributed by atoms with van der Waals surface area (Å²) in [6.45, 7) is 5.64. The van der Waals surface area contributed by atoms with E-state index in [1.54, 1.807) is 0 Å². The predicted octanol–water partition coefficient (Wildman–Crippen LogP) is 2.65. The molecule has 2 aliphatic rings. The summed E-state index contributed by atoms with van der Waals surface area (Å²) in [6, 6.07) is 19.9. The van der Waals surface area contributed by atoms with Crippen LogP contribution < -0.4 is 4.74 Å². The smallest absolute Gasteiger partial charge is 0.260 e. The number of hydrogen-bond acceptors (Lipinski definition) is 4. The number of benzene rings is 2. The largest absolute Gasteiger partial charge is 0.484 e. The highest BCUT2D eigenvalue weighted by atomic mass is 16.5. The van der Waals surface area contributed by atoms with Crippen molar-refractivity contribution in [3.8, 4) is 5.75 Å². The lowest BCUT2D eigenvalue weighted by atomic mass is 9.95. The molecular formula is C25H31N3O3. The minimum Gasteiger partial charge on any atom is -0.484 e. The number of amides is 2. The van der Waals surface area contributed by atoms with Crippen LogP contribution in [0.25, 0.3) is 0 Å². The van der Waals surface area contributed by atoms with Crippen LogP contribution in [0.2, 0.25) is 0 Å². The molecular weight excluding hydrogens is 390 g/mol. The van der Waals surface area contributed by atoms with Crippen molar-refractivity contribution in [1.29, 1.82) is 0 Å². The number of rotatable bonds is 6. The first-order valence-corrected chi connectivity index (χ1v) is 11.2. The van der Waals surface area contributed by atoms with Crippen LogP contribution in [0.5, 0.6) is 5.75 Å². The molecule has 2 aromatic carbocycles. The second-order valence-corrected chi connectivity index (χ2v) is 8.34. The van der Waals surface area contributed by atoms with Crippen molar-refractivity contribution < 1.29 is 14.3 Å². The highest BCUT2D eigenvalue weighted by Gasteiger charge is 2.31. The summed E-state index contributed by atoms with van der Waals surface area (Å²) in [6.07, 6.45) is 1.47. The number of likely N-dealkylation sites (tertiary alicyclic amines) is 1. The molecule has 0 unspecified atom stereocenters. The Morgan fingerprint density at radius 1 is 0.774 bits per heavy atom. The van der Waals surface area contributed by atoms with Gasteiger partial charge in [-0.2, -0.15) is 0 Å². The maximum Gasteiger partial charge on any atom is 0.260 e. The lowest BCUT2D eigenvalue weighted by Crippen LogP contribution is -2.51. The third kappa shape index (κ3) is 5.85. The molecule has 2 aliphatic heterocycles. The Morgan fingerprint density at radius 3 is 2.03 bits per heavy atom. The quantitative estimate of drug-likeness (QED) is 0.720. The van der Waals surface area contributed by atoms with Gasteiger partial charge in [0.05, 0.1) is 0 Å². The zero-order valence-corrected chi connectivity index (χ0v) is 18.0. The van der Waals surface area contributed by atoms with Gasteiger partial charge in [-0.1, -0.05) is 48.5 Å². The molecule has 31 heavy (non-hydrogen) atoms. The van der Waals surface area contributed by atoms with Crippen LogP contribution in [-0.2, 0) is 16.1 Å². The van der Waals surface area contributed by atoms with E-state index in [0.29, 0.717) is 18.8 Å². The van der Waals surface area contributed by atoms with E-state index in [9.17, 15) is 9.59 Å². The van der Waals surface area contributed by atoms with Crippen LogP contribution in [0.4, 0.5) is 0 Å². The van der Waals surface area contributed by atoms with E-state index in [0.717, 1.165) is 45.6 Å². The minimum atomic E-state index is -0.00993. The van der Waals surface area contributed by atoms with E-state index < -0.39 is 0 Å². The molecule has 0 atom stereocenters. The fraction of sp³-hybridized carbons (Fsp3) is 0.440. The van der Waals surface area contributed by atoms with Gasteiger partial charge in [0, 0.05) is 51.7 Å². The van der Waals surface area contributed by atoms with Gasteiger partial charge >= 0.3 is 0 Å².